The summed E-state index contributed by atoms with van der Waals surface area (Å²) in [6.07, 6.45) is 8.13. The van der Waals surface area contributed by atoms with Crippen LogP contribution in [0.15, 0.2) is 0 Å². The molecule has 1 aliphatic rings. The van der Waals surface area contributed by atoms with E-state index in [1.54, 1.807) is 0 Å². The first kappa shape index (κ1) is 15.0. The Labute approximate surface area is 108 Å². The van der Waals surface area contributed by atoms with Crippen LogP contribution in [-0.4, -0.2) is 37.1 Å². The van der Waals surface area contributed by atoms with Crippen molar-refractivity contribution in [1.82, 2.24) is 10.2 Å². The third kappa shape index (κ3) is 5.87. The Morgan fingerprint density at radius 2 is 2.06 bits per heavy atom. The van der Waals surface area contributed by atoms with Crippen molar-refractivity contribution in [3.63, 3.8) is 0 Å². The van der Waals surface area contributed by atoms with Gasteiger partial charge >= 0.3 is 0 Å². The molecule has 2 atom stereocenters. The van der Waals surface area contributed by atoms with Gasteiger partial charge in [0.25, 0.3) is 0 Å². The average Bonchev–Trinajstić information content (AvgIpc) is 2.79. The van der Waals surface area contributed by atoms with Crippen molar-refractivity contribution >= 4 is 0 Å². The van der Waals surface area contributed by atoms with E-state index in [2.05, 4.69) is 31.0 Å². The van der Waals surface area contributed by atoms with Crippen LogP contribution >= 0.6 is 0 Å². The Hall–Kier alpha value is -0.0800. The van der Waals surface area contributed by atoms with Crippen LogP contribution in [-0.2, 0) is 0 Å². The molecule has 17 heavy (non-hydrogen) atoms. The van der Waals surface area contributed by atoms with E-state index >= 15 is 0 Å². The van der Waals surface area contributed by atoms with Crippen LogP contribution in [0, 0.1) is 5.92 Å². The van der Waals surface area contributed by atoms with Crippen molar-refractivity contribution in [3.8, 4) is 0 Å². The first-order valence-corrected chi connectivity index (χ1v) is 7.75. The van der Waals surface area contributed by atoms with Gasteiger partial charge in [0.2, 0.25) is 0 Å². The molecule has 2 nitrogen and oxygen atoms in total. The predicted molar refractivity (Wildman–Crippen MR) is 76.4 cm³/mol. The van der Waals surface area contributed by atoms with Crippen molar-refractivity contribution in [2.75, 3.05) is 26.2 Å². The molecule has 2 heteroatoms. The van der Waals surface area contributed by atoms with E-state index in [0.717, 1.165) is 12.0 Å². The van der Waals surface area contributed by atoms with E-state index in [9.17, 15) is 0 Å². The minimum Gasteiger partial charge on any atom is -0.313 e. The smallest absolute Gasteiger partial charge is 0.0207 e. The van der Waals surface area contributed by atoms with Crippen molar-refractivity contribution < 1.29 is 0 Å². The molecule has 1 N–H and O–H groups in total. The summed E-state index contributed by atoms with van der Waals surface area (Å²) in [6.45, 7) is 12.0. The van der Waals surface area contributed by atoms with Gasteiger partial charge in [0.1, 0.15) is 0 Å². The minimum absolute atomic E-state index is 0.763. The minimum atomic E-state index is 0.763. The zero-order valence-corrected chi connectivity index (χ0v) is 12.2. The van der Waals surface area contributed by atoms with Crippen LogP contribution in [0.5, 0.6) is 0 Å². The molecule has 102 valence electrons. The van der Waals surface area contributed by atoms with Crippen molar-refractivity contribution in [2.45, 2.75) is 65.3 Å². The van der Waals surface area contributed by atoms with Crippen LogP contribution < -0.4 is 5.32 Å². The highest BCUT2D eigenvalue weighted by molar-refractivity contribution is 4.81. The lowest BCUT2D eigenvalue weighted by atomic mass is 9.99. The Morgan fingerprint density at radius 3 is 2.71 bits per heavy atom. The molecule has 2 unspecified atom stereocenters. The molecule has 1 aliphatic heterocycles. The lowest BCUT2D eigenvalue weighted by molar-refractivity contribution is 0.255. The molecular weight excluding hydrogens is 208 g/mol. The number of hydrogen-bond acceptors (Lipinski definition) is 2. The SMILES string of the molecule is CCCCC(CC)CN1CCC(NCCC)C1. The molecule has 0 radical (unpaired) electrons. The van der Waals surface area contributed by atoms with Crippen molar-refractivity contribution in [3.05, 3.63) is 0 Å². The van der Waals surface area contributed by atoms with E-state index in [4.69, 9.17) is 0 Å². The largest absolute Gasteiger partial charge is 0.313 e. The van der Waals surface area contributed by atoms with Gasteiger partial charge in [0.15, 0.2) is 0 Å². The summed E-state index contributed by atoms with van der Waals surface area (Å²) in [6, 6.07) is 0.763. The molecule has 0 aromatic heterocycles. The first-order chi connectivity index (χ1) is 8.30. The zero-order chi connectivity index (χ0) is 12.5. The summed E-state index contributed by atoms with van der Waals surface area (Å²) in [7, 11) is 0. The van der Waals surface area contributed by atoms with Gasteiger partial charge in [-0.1, -0.05) is 40.0 Å². The number of unbranched alkanes of at least 4 members (excludes halogenated alkanes) is 1. The quantitative estimate of drug-likeness (QED) is 0.665. The Kier molecular flexibility index (Phi) is 7.87. The van der Waals surface area contributed by atoms with Gasteiger partial charge in [-0.2, -0.15) is 0 Å². The second kappa shape index (κ2) is 8.93. The maximum absolute atomic E-state index is 3.65. The van der Waals surface area contributed by atoms with E-state index in [1.807, 2.05) is 0 Å². The van der Waals surface area contributed by atoms with Gasteiger partial charge in [-0.25, -0.2) is 0 Å². The molecule has 0 aromatic rings. The van der Waals surface area contributed by atoms with E-state index in [0.29, 0.717) is 0 Å². The third-order valence-electron chi connectivity index (χ3n) is 4.02. The Morgan fingerprint density at radius 1 is 1.24 bits per heavy atom. The van der Waals surface area contributed by atoms with Crippen molar-refractivity contribution in [1.29, 1.82) is 0 Å². The second-order valence-electron chi connectivity index (χ2n) is 5.62. The number of likely N-dealkylation sites (tertiary alicyclic amines) is 1. The molecule has 1 heterocycles. The summed E-state index contributed by atoms with van der Waals surface area (Å²) >= 11 is 0. The summed E-state index contributed by atoms with van der Waals surface area (Å²) in [4.78, 5) is 2.68. The predicted octanol–water partition coefficient (Wildman–Crippen LogP) is 3.28. The summed E-state index contributed by atoms with van der Waals surface area (Å²) in [5.41, 5.74) is 0. The van der Waals surface area contributed by atoms with Crippen LogP contribution in [0.3, 0.4) is 0 Å². The molecule has 1 fully saturated rings. The highest BCUT2D eigenvalue weighted by Crippen LogP contribution is 2.17. The fourth-order valence-electron chi connectivity index (χ4n) is 2.80. The zero-order valence-electron chi connectivity index (χ0n) is 12.2. The highest BCUT2D eigenvalue weighted by Gasteiger charge is 2.23. The third-order valence-corrected chi connectivity index (χ3v) is 4.02. The van der Waals surface area contributed by atoms with E-state index in [1.165, 1.54) is 64.7 Å². The molecule has 0 spiro atoms. The maximum Gasteiger partial charge on any atom is 0.0207 e. The Bertz CT molecular complexity index is 182. The van der Waals surface area contributed by atoms with Gasteiger partial charge < -0.3 is 10.2 Å². The molecule has 0 amide bonds. The Balaban J connectivity index is 2.18. The van der Waals surface area contributed by atoms with Gasteiger partial charge in [-0.15, -0.1) is 0 Å². The lowest BCUT2D eigenvalue weighted by Gasteiger charge is -2.23. The van der Waals surface area contributed by atoms with Gasteiger partial charge in [0, 0.05) is 19.1 Å². The number of hydrogen-bond donors (Lipinski definition) is 1. The maximum atomic E-state index is 3.65. The average molecular weight is 240 g/mol. The van der Waals surface area contributed by atoms with Crippen LogP contribution in [0.2, 0.25) is 0 Å². The topological polar surface area (TPSA) is 15.3 Å². The van der Waals surface area contributed by atoms with Crippen LogP contribution in [0.1, 0.15) is 59.3 Å². The van der Waals surface area contributed by atoms with Gasteiger partial charge in [-0.3, -0.25) is 0 Å². The molecule has 1 saturated heterocycles. The molecule has 0 aromatic carbocycles. The molecular formula is C15H32N2. The first-order valence-electron chi connectivity index (χ1n) is 7.75. The van der Waals surface area contributed by atoms with Gasteiger partial charge in [0.05, 0.1) is 0 Å². The monoisotopic (exact) mass is 240 g/mol. The fourth-order valence-corrected chi connectivity index (χ4v) is 2.80. The molecule has 0 aliphatic carbocycles. The molecule has 0 saturated carbocycles. The second-order valence-corrected chi connectivity index (χ2v) is 5.62. The summed E-state index contributed by atoms with van der Waals surface area (Å²) in [5.74, 6) is 0.930. The van der Waals surface area contributed by atoms with Crippen molar-refractivity contribution in [2.24, 2.45) is 5.92 Å². The molecule has 1 rings (SSSR count). The number of nitrogens with zero attached hydrogens (tertiary/aromatic N) is 1. The highest BCUT2D eigenvalue weighted by atomic mass is 15.2. The van der Waals surface area contributed by atoms with Crippen LogP contribution in [0.25, 0.3) is 0 Å². The van der Waals surface area contributed by atoms with Crippen LogP contribution in [0.4, 0.5) is 0 Å². The standard InChI is InChI=1S/C15H32N2/c1-4-7-8-14(6-3)12-17-11-9-15(13-17)16-10-5-2/h14-16H,4-13H2,1-3H3. The van der Waals surface area contributed by atoms with E-state index < -0.39 is 0 Å². The molecule has 0 bridgehead atoms. The van der Waals surface area contributed by atoms with E-state index in [-0.39, 0.29) is 0 Å². The fraction of sp³-hybridized carbons (Fsp3) is 1.00. The number of rotatable bonds is 9. The normalized spacial score (nSPS) is 23.1. The summed E-state index contributed by atoms with van der Waals surface area (Å²) < 4.78 is 0. The number of nitrogens with one attached hydrogen (secondary N) is 1. The lowest BCUT2D eigenvalue weighted by Crippen LogP contribution is -2.34. The summed E-state index contributed by atoms with van der Waals surface area (Å²) in [5, 5.41) is 3.65. The van der Waals surface area contributed by atoms with Gasteiger partial charge in [-0.05, 0) is 38.3 Å².